The van der Waals surface area contributed by atoms with Gasteiger partial charge in [0.2, 0.25) is 0 Å². The molecule has 0 atom stereocenters. The number of alkyl halides is 1. The molecule has 0 unspecified atom stereocenters. The fourth-order valence-corrected chi connectivity index (χ4v) is 1.90. The van der Waals surface area contributed by atoms with Crippen LogP contribution in [0.1, 0.15) is 21.5 Å². The quantitative estimate of drug-likeness (QED) is 0.883. The van der Waals surface area contributed by atoms with E-state index in [0.717, 1.165) is 10.9 Å². The van der Waals surface area contributed by atoms with Gasteiger partial charge in [0.05, 0.1) is 5.56 Å². The van der Waals surface area contributed by atoms with Crippen LogP contribution in [-0.4, -0.2) is 10.9 Å². The van der Waals surface area contributed by atoms with Crippen molar-refractivity contribution in [2.75, 3.05) is 0 Å². The molecule has 1 heterocycles. The predicted molar refractivity (Wildman–Crippen MR) is 74.5 cm³/mol. The lowest BCUT2D eigenvalue weighted by Gasteiger charge is -2.05. The zero-order chi connectivity index (χ0) is 12.8. The summed E-state index contributed by atoms with van der Waals surface area (Å²) in [5.74, 6) is -0.104. The number of hydrogen-bond donors (Lipinski definition) is 1. The molecule has 1 amide bonds. The lowest BCUT2D eigenvalue weighted by Crippen LogP contribution is -2.22. The first kappa shape index (κ1) is 12.8. The minimum Gasteiger partial charge on any atom is -0.348 e. The van der Waals surface area contributed by atoms with Gasteiger partial charge in [-0.05, 0) is 23.3 Å². The van der Waals surface area contributed by atoms with Crippen molar-refractivity contribution in [3.8, 4) is 0 Å². The molecule has 18 heavy (non-hydrogen) atoms. The Balaban J connectivity index is 1.93. The highest BCUT2D eigenvalue weighted by molar-refractivity contribution is 9.08. The van der Waals surface area contributed by atoms with E-state index in [1.165, 1.54) is 5.56 Å². The van der Waals surface area contributed by atoms with Crippen molar-refractivity contribution in [3.63, 3.8) is 0 Å². The normalized spacial score (nSPS) is 10.1. The number of benzene rings is 1. The number of nitrogens with zero attached hydrogens (tertiary/aromatic N) is 1. The van der Waals surface area contributed by atoms with Crippen LogP contribution >= 0.6 is 15.9 Å². The molecule has 0 radical (unpaired) electrons. The van der Waals surface area contributed by atoms with Crippen LogP contribution in [0, 0.1) is 0 Å². The van der Waals surface area contributed by atoms with E-state index in [9.17, 15) is 4.79 Å². The molecule has 0 fully saturated rings. The maximum Gasteiger partial charge on any atom is 0.253 e. The summed E-state index contributed by atoms with van der Waals surface area (Å²) in [5, 5.41) is 3.70. The second kappa shape index (κ2) is 6.31. The van der Waals surface area contributed by atoms with Crippen LogP contribution in [0.25, 0.3) is 0 Å². The Kier molecular flexibility index (Phi) is 4.47. The van der Waals surface area contributed by atoms with Gasteiger partial charge in [0.1, 0.15) is 0 Å². The zero-order valence-electron chi connectivity index (χ0n) is 9.77. The van der Waals surface area contributed by atoms with E-state index in [-0.39, 0.29) is 5.91 Å². The summed E-state index contributed by atoms with van der Waals surface area (Å²) < 4.78 is 0. The van der Waals surface area contributed by atoms with E-state index in [4.69, 9.17) is 0 Å². The molecule has 0 saturated carbocycles. The Morgan fingerprint density at radius 1 is 1.17 bits per heavy atom. The number of halogens is 1. The maximum absolute atomic E-state index is 11.8. The van der Waals surface area contributed by atoms with Crippen molar-refractivity contribution in [2.45, 2.75) is 11.9 Å². The summed E-state index contributed by atoms with van der Waals surface area (Å²) in [6.07, 6.45) is 3.21. The van der Waals surface area contributed by atoms with Gasteiger partial charge in [-0.1, -0.05) is 40.2 Å². The Labute approximate surface area is 114 Å². The molecule has 0 aliphatic heterocycles. The Hall–Kier alpha value is -1.68. The molecular formula is C14H13BrN2O. The van der Waals surface area contributed by atoms with Gasteiger partial charge >= 0.3 is 0 Å². The second-order valence-electron chi connectivity index (χ2n) is 3.87. The lowest BCUT2D eigenvalue weighted by molar-refractivity contribution is 0.0950. The highest BCUT2D eigenvalue weighted by Crippen LogP contribution is 2.08. The molecule has 2 rings (SSSR count). The van der Waals surface area contributed by atoms with E-state index in [0.29, 0.717) is 12.1 Å². The van der Waals surface area contributed by atoms with E-state index >= 15 is 0 Å². The Bertz CT molecular complexity index is 511. The van der Waals surface area contributed by atoms with E-state index in [2.05, 4.69) is 26.2 Å². The molecule has 0 spiro atoms. The molecule has 0 aliphatic carbocycles. The van der Waals surface area contributed by atoms with Gasteiger partial charge < -0.3 is 5.32 Å². The van der Waals surface area contributed by atoms with Crippen molar-refractivity contribution in [2.24, 2.45) is 0 Å². The van der Waals surface area contributed by atoms with Gasteiger partial charge in [0.15, 0.2) is 0 Å². The van der Waals surface area contributed by atoms with Crippen LogP contribution in [0.15, 0.2) is 48.8 Å². The van der Waals surface area contributed by atoms with Gasteiger partial charge in [-0.25, -0.2) is 0 Å². The summed E-state index contributed by atoms with van der Waals surface area (Å²) in [7, 11) is 0. The summed E-state index contributed by atoms with van der Waals surface area (Å²) in [5.41, 5.74) is 2.88. The van der Waals surface area contributed by atoms with Gasteiger partial charge in [-0.2, -0.15) is 0 Å². The van der Waals surface area contributed by atoms with E-state index in [1.54, 1.807) is 24.5 Å². The highest BCUT2D eigenvalue weighted by Gasteiger charge is 2.04. The maximum atomic E-state index is 11.8. The largest absolute Gasteiger partial charge is 0.348 e. The average Bonchev–Trinajstić information content (AvgIpc) is 2.46. The fraction of sp³-hybridized carbons (Fsp3) is 0.143. The van der Waals surface area contributed by atoms with Gasteiger partial charge in [-0.15, -0.1) is 0 Å². The second-order valence-corrected chi connectivity index (χ2v) is 4.44. The molecule has 0 saturated heterocycles. The van der Waals surface area contributed by atoms with Crippen LogP contribution in [-0.2, 0) is 11.9 Å². The Morgan fingerprint density at radius 2 is 1.89 bits per heavy atom. The lowest BCUT2D eigenvalue weighted by atomic mass is 10.1. The molecular weight excluding hydrogens is 292 g/mol. The topological polar surface area (TPSA) is 42.0 Å². The number of carbonyl (C=O) groups is 1. The van der Waals surface area contributed by atoms with E-state index in [1.807, 2.05) is 24.3 Å². The van der Waals surface area contributed by atoms with Crippen molar-refractivity contribution < 1.29 is 4.79 Å². The van der Waals surface area contributed by atoms with Crippen LogP contribution in [0.2, 0.25) is 0 Å². The first-order valence-electron chi connectivity index (χ1n) is 5.61. The van der Waals surface area contributed by atoms with Crippen molar-refractivity contribution in [1.82, 2.24) is 10.3 Å². The minimum atomic E-state index is -0.104. The van der Waals surface area contributed by atoms with Gasteiger partial charge in [-0.3, -0.25) is 9.78 Å². The number of carbonyl (C=O) groups excluding carboxylic acids is 1. The van der Waals surface area contributed by atoms with Gasteiger partial charge in [0, 0.05) is 24.3 Å². The molecule has 1 aromatic heterocycles. The Morgan fingerprint density at radius 3 is 2.50 bits per heavy atom. The summed E-state index contributed by atoms with van der Waals surface area (Å²) in [6, 6.07) is 11.6. The fourth-order valence-electron chi connectivity index (χ4n) is 1.53. The first-order valence-corrected chi connectivity index (χ1v) is 6.74. The number of aromatic nitrogens is 1. The number of rotatable bonds is 4. The summed E-state index contributed by atoms with van der Waals surface area (Å²) in [4.78, 5) is 15.7. The summed E-state index contributed by atoms with van der Waals surface area (Å²) >= 11 is 3.40. The van der Waals surface area contributed by atoms with Crippen LogP contribution < -0.4 is 5.32 Å². The molecule has 4 heteroatoms. The smallest absolute Gasteiger partial charge is 0.253 e. The molecule has 1 aromatic carbocycles. The standard InChI is InChI=1S/C14H13BrN2O/c15-8-11-3-5-12(6-4-11)9-17-14(18)13-2-1-7-16-10-13/h1-7,10H,8-9H2,(H,17,18). The van der Waals surface area contributed by atoms with Crippen LogP contribution in [0.5, 0.6) is 0 Å². The molecule has 0 aliphatic rings. The number of hydrogen-bond acceptors (Lipinski definition) is 2. The zero-order valence-corrected chi connectivity index (χ0v) is 11.4. The third-order valence-electron chi connectivity index (χ3n) is 2.55. The molecule has 2 aromatic rings. The van der Waals surface area contributed by atoms with Crippen molar-refractivity contribution in [1.29, 1.82) is 0 Å². The number of nitrogens with one attached hydrogen (secondary N) is 1. The number of pyridine rings is 1. The third kappa shape index (κ3) is 3.40. The minimum absolute atomic E-state index is 0.104. The SMILES string of the molecule is O=C(NCc1ccc(CBr)cc1)c1cccnc1. The predicted octanol–water partition coefficient (Wildman–Crippen LogP) is 2.91. The van der Waals surface area contributed by atoms with E-state index < -0.39 is 0 Å². The molecule has 92 valence electrons. The summed E-state index contributed by atoms with van der Waals surface area (Å²) in [6.45, 7) is 0.524. The first-order chi connectivity index (χ1) is 8.79. The average molecular weight is 305 g/mol. The molecule has 3 nitrogen and oxygen atoms in total. The van der Waals surface area contributed by atoms with Crippen molar-refractivity contribution >= 4 is 21.8 Å². The highest BCUT2D eigenvalue weighted by atomic mass is 79.9. The molecule has 1 N–H and O–H groups in total. The van der Waals surface area contributed by atoms with Gasteiger partial charge in [0.25, 0.3) is 5.91 Å². The monoisotopic (exact) mass is 304 g/mol. The van der Waals surface area contributed by atoms with Crippen molar-refractivity contribution in [3.05, 3.63) is 65.5 Å². The molecule has 0 bridgehead atoms. The van der Waals surface area contributed by atoms with Crippen LogP contribution in [0.4, 0.5) is 0 Å². The third-order valence-corrected chi connectivity index (χ3v) is 3.20. The number of amides is 1. The van der Waals surface area contributed by atoms with Crippen LogP contribution in [0.3, 0.4) is 0 Å².